The zero-order valence-electron chi connectivity index (χ0n) is 7.90. The van der Waals surface area contributed by atoms with Gasteiger partial charge in [0.1, 0.15) is 5.69 Å². The summed E-state index contributed by atoms with van der Waals surface area (Å²) in [5.41, 5.74) is 5.19. The third-order valence-electron chi connectivity index (χ3n) is 2.49. The lowest BCUT2D eigenvalue weighted by Crippen LogP contribution is -2.18. The zero-order valence-corrected chi connectivity index (χ0v) is 7.90. The van der Waals surface area contributed by atoms with Crippen molar-refractivity contribution in [3.8, 4) is 0 Å². The molecule has 1 saturated carbocycles. The molecule has 1 fully saturated rings. The van der Waals surface area contributed by atoms with Gasteiger partial charge in [-0.15, -0.1) is 0 Å². The van der Waals surface area contributed by atoms with Gasteiger partial charge < -0.3 is 11.1 Å². The average Bonchev–Trinajstić information content (AvgIpc) is 2.77. The minimum absolute atomic E-state index is 0.0702. The maximum Gasteiger partial charge on any atom is 0.151 e. The van der Waals surface area contributed by atoms with Crippen molar-refractivity contribution in [3.63, 3.8) is 0 Å². The summed E-state index contributed by atoms with van der Waals surface area (Å²) in [6, 6.07) is 2.24. The second-order valence-electron chi connectivity index (χ2n) is 4.05. The number of nitrogen functional groups attached to an aromatic ring is 1. The van der Waals surface area contributed by atoms with Crippen molar-refractivity contribution < 1.29 is 8.78 Å². The molecule has 2 rings (SSSR count). The van der Waals surface area contributed by atoms with E-state index < -0.39 is 11.6 Å². The van der Waals surface area contributed by atoms with E-state index in [-0.39, 0.29) is 16.9 Å². The standard InChI is InChI=1S/C10H12F2N2/c1-10(2-3-10)14-9-7(11)4-6(13)5-8(9)12/h4-5,14H,2-3,13H2,1H3. The molecule has 4 heteroatoms. The lowest BCUT2D eigenvalue weighted by Gasteiger charge is -2.14. The van der Waals surface area contributed by atoms with E-state index in [1.807, 2.05) is 6.92 Å². The van der Waals surface area contributed by atoms with E-state index in [0.29, 0.717) is 0 Å². The summed E-state index contributed by atoms with van der Waals surface area (Å²) in [5, 5.41) is 2.85. The molecule has 14 heavy (non-hydrogen) atoms. The van der Waals surface area contributed by atoms with Crippen LogP contribution in [0.5, 0.6) is 0 Å². The maximum absolute atomic E-state index is 13.3. The molecule has 1 aliphatic rings. The molecule has 0 amide bonds. The van der Waals surface area contributed by atoms with Gasteiger partial charge in [-0.05, 0) is 31.9 Å². The fraction of sp³-hybridized carbons (Fsp3) is 0.400. The van der Waals surface area contributed by atoms with E-state index in [4.69, 9.17) is 5.73 Å². The predicted molar refractivity (Wildman–Crippen MR) is 52.0 cm³/mol. The van der Waals surface area contributed by atoms with Gasteiger partial charge in [0.2, 0.25) is 0 Å². The van der Waals surface area contributed by atoms with Gasteiger partial charge in [-0.1, -0.05) is 0 Å². The smallest absolute Gasteiger partial charge is 0.151 e. The maximum atomic E-state index is 13.3. The van der Waals surface area contributed by atoms with Gasteiger partial charge in [0.05, 0.1) is 0 Å². The molecule has 1 aromatic carbocycles. The van der Waals surface area contributed by atoms with E-state index in [2.05, 4.69) is 5.32 Å². The van der Waals surface area contributed by atoms with Gasteiger partial charge in [-0.25, -0.2) is 8.78 Å². The summed E-state index contributed by atoms with van der Waals surface area (Å²) in [6.45, 7) is 1.93. The number of hydrogen-bond donors (Lipinski definition) is 2. The van der Waals surface area contributed by atoms with Crippen LogP contribution in [0.3, 0.4) is 0 Å². The van der Waals surface area contributed by atoms with Crippen LogP contribution in [0.4, 0.5) is 20.2 Å². The molecule has 0 aromatic heterocycles. The fourth-order valence-corrected chi connectivity index (χ4v) is 1.33. The van der Waals surface area contributed by atoms with Crippen molar-refractivity contribution in [2.75, 3.05) is 11.1 Å². The Morgan fingerprint density at radius 1 is 1.29 bits per heavy atom. The topological polar surface area (TPSA) is 38.0 Å². The predicted octanol–water partition coefficient (Wildman–Crippen LogP) is 2.51. The molecule has 0 radical (unpaired) electrons. The molecule has 0 aliphatic heterocycles. The Kier molecular flexibility index (Phi) is 1.87. The Morgan fingerprint density at radius 2 is 1.79 bits per heavy atom. The summed E-state index contributed by atoms with van der Waals surface area (Å²) in [7, 11) is 0. The van der Waals surface area contributed by atoms with Crippen LogP contribution in [0.2, 0.25) is 0 Å². The minimum atomic E-state index is -0.629. The van der Waals surface area contributed by atoms with Gasteiger partial charge in [-0.2, -0.15) is 0 Å². The number of nitrogens with two attached hydrogens (primary N) is 1. The Labute approximate surface area is 81.1 Å². The Bertz CT molecular complexity index is 349. The highest BCUT2D eigenvalue weighted by Crippen LogP contribution is 2.39. The van der Waals surface area contributed by atoms with Crippen LogP contribution in [-0.4, -0.2) is 5.54 Å². The van der Waals surface area contributed by atoms with Crippen LogP contribution in [-0.2, 0) is 0 Å². The van der Waals surface area contributed by atoms with Gasteiger partial charge in [-0.3, -0.25) is 0 Å². The van der Waals surface area contributed by atoms with E-state index in [0.717, 1.165) is 25.0 Å². The second kappa shape index (κ2) is 2.83. The molecule has 0 unspecified atom stereocenters. The number of nitrogens with one attached hydrogen (secondary N) is 1. The normalized spacial score (nSPS) is 17.9. The van der Waals surface area contributed by atoms with Gasteiger partial charge in [0.15, 0.2) is 11.6 Å². The Morgan fingerprint density at radius 3 is 2.21 bits per heavy atom. The van der Waals surface area contributed by atoms with Crippen molar-refractivity contribution in [3.05, 3.63) is 23.8 Å². The molecule has 0 bridgehead atoms. The van der Waals surface area contributed by atoms with Crippen molar-refractivity contribution in [1.82, 2.24) is 0 Å². The molecule has 76 valence electrons. The van der Waals surface area contributed by atoms with Crippen LogP contribution >= 0.6 is 0 Å². The third kappa shape index (κ3) is 1.64. The monoisotopic (exact) mass is 198 g/mol. The van der Waals surface area contributed by atoms with Gasteiger partial charge in [0, 0.05) is 11.2 Å². The summed E-state index contributed by atoms with van der Waals surface area (Å²) in [6.07, 6.45) is 1.88. The molecule has 2 nitrogen and oxygen atoms in total. The molecule has 0 heterocycles. The van der Waals surface area contributed by atoms with E-state index >= 15 is 0 Å². The molecular weight excluding hydrogens is 186 g/mol. The van der Waals surface area contributed by atoms with E-state index in [9.17, 15) is 8.78 Å². The largest absolute Gasteiger partial charge is 0.399 e. The van der Waals surface area contributed by atoms with Crippen LogP contribution in [0.25, 0.3) is 0 Å². The Balaban J connectivity index is 2.32. The lowest BCUT2D eigenvalue weighted by molar-refractivity contribution is 0.583. The molecule has 0 atom stereocenters. The van der Waals surface area contributed by atoms with Gasteiger partial charge in [0.25, 0.3) is 0 Å². The highest BCUT2D eigenvalue weighted by Gasteiger charge is 2.38. The second-order valence-corrected chi connectivity index (χ2v) is 4.05. The van der Waals surface area contributed by atoms with E-state index in [1.165, 1.54) is 0 Å². The lowest BCUT2D eigenvalue weighted by atomic mass is 10.2. The molecule has 1 aliphatic carbocycles. The summed E-state index contributed by atoms with van der Waals surface area (Å²) < 4.78 is 26.6. The number of hydrogen-bond acceptors (Lipinski definition) is 2. The first-order valence-electron chi connectivity index (χ1n) is 4.53. The average molecular weight is 198 g/mol. The molecule has 3 N–H and O–H groups in total. The number of halogens is 2. The number of anilines is 2. The van der Waals surface area contributed by atoms with Crippen molar-refractivity contribution in [1.29, 1.82) is 0 Å². The first kappa shape index (κ1) is 9.24. The van der Waals surface area contributed by atoms with Crippen molar-refractivity contribution in [2.24, 2.45) is 0 Å². The molecule has 1 aromatic rings. The van der Waals surface area contributed by atoms with Crippen LogP contribution in [0.1, 0.15) is 19.8 Å². The first-order chi connectivity index (χ1) is 6.50. The van der Waals surface area contributed by atoms with Crippen LogP contribution in [0, 0.1) is 11.6 Å². The SMILES string of the molecule is CC1(Nc2c(F)cc(N)cc2F)CC1. The first-order valence-corrected chi connectivity index (χ1v) is 4.53. The van der Waals surface area contributed by atoms with Crippen LogP contribution in [0.15, 0.2) is 12.1 Å². The minimum Gasteiger partial charge on any atom is -0.399 e. The number of rotatable bonds is 2. The highest BCUT2D eigenvalue weighted by atomic mass is 19.1. The molecule has 0 saturated heterocycles. The zero-order chi connectivity index (χ0) is 10.3. The van der Waals surface area contributed by atoms with Crippen molar-refractivity contribution in [2.45, 2.75) is 25.3 Å². The Hall–Kier alpha value is -1.32. The van der Waals surface area contributed by atoms with E-state index in [1.54, 1.807) is 0 Å². The van der Waals surface area contributed by atoms with Crippen molar-refractivity contribution >= 4 is 11.4 Å². The highest BCUT2D eigenvalue weighted by molar-refractivity contribution is 5.56. The third-order valence-corrected chi connectivity index (χ3v) is 2.49. The van der Waals surface area contributed by atoms with Crippen LogP contribution < -0.4 is 11.1 Å². The molecular formula is C10H12F2N2. The summed E-state index contributed by atoms with van der Waals surface area (Å²) >= 11 is 0. The summed E-state index contributed by atoms with van der Waals surface area (Å²) in [4.78, 5) is 0. The van der Waals surface area contributed by atoms with Gasteiger partial charge >= 0.3 is 0 Å². The fourth-order valence-electron chi connectivity index (χ4n) is 1.33. The quantitative estimate of drug-likeness (QED) is 0.716. The number of benzene rings is 1. The summed E-state index contributed by atoms with van der Waals surface area (Å²) in [5.74, 6) is -1.26. The molecule has 0 spiro atoms.